The number of carboxylic acid groups (broad SMARTS) is 1. The van der Waals surface area contributed by atoms with Gasteiger partial charge >= 0.3 is 18.2 Å². The molecule has 1 aliphatic rings. The SMILES string of the molecule is CC(C)(C)OC(=O)NCC[C@H](CC(=O)O)NC(=O)OCC1c2ccccc2-c2ccccc21. The van der Waals surface area contributed by atoms with E-state index in [1.165, 1.54) is 0 Å². The van der Waals surface area contributed by atoms with Gasteiger partial charge in [0.1, 0.15) is 12.2 Å². The van der Waals surface area contributed by atoms with E-state index in [1.54, 1.807) is 20.8 Å². The van der Waals surface area contributed by atoms with Crippen molar-refractivity contribution in [1.82, 2.24) is 10.6 Å². The zero-order chi connectivity index (χ0) is 24.0. The van der Waals surface area contributed by atoms with Gasteiger partial charge in [0.05, 0.1) is 6.42 Å². The molecule has 176 valence electrons. The van der Waals surface area contributed by atoms with Crippen molar-refractivity contribution in [1.29, 1.82) is 0 Å². The summed E-state index contributed by atoms with van der Waals surface area (Å²) in [6.07, 6.45) is -1.37. The Labute approximate surface area is 193 Å². The molecule has 0 unspecified atom stereocenters. The lowest BCUT2D eigenvalue weighted by molar-refractivity contribution is -0.137. The van der Waals surface area contributed by atoms with Gasteiger partial charge in [0.2, 0.25) is 0 Å². The van der Waals surface area contributed by atoms with E-state index in [-0.39, 0.29) is 31.9 Å². The Morgan fingerprint density at radius 2 is 1.55 bits per heavy atom. The highest BCUT2D eigenvalue weighted by atomic mass is 16.6. The molecule has 2 aromatic carbocycles. The average Bonchev–Trinajstić information content (AvgIpc) is 3.04. The molecule has 0 fully saturated rings. The molecule has 8 nitrogen and oxygen atoms in total. The molecule has 33 heavy (non-hydrogen) atoms. The van der Waals surface area contributed by atoms with E-state index in [9.17, 15) is 19.5 Å². The Morgan fingerprint density at radius 3 is 2.09 bits per heavy atom. The first-order valence-electron chi connectivity index (χ1n) is 10.9. The van der Waals surface area contributed by atoms with Crippen molar-refractivity contribution in [2.24, 2.45) is 0 Å². The molecule has 0 radical (unpaired) electrons. The maximum Gasteiger partial charge on any atom is 0.407 e. The summed E-state index contributed by atoms with van der Waals surface area (Å²) in [5.41, 5.74) is 3.80. The number of hydrogen-bond acceptors (Lipinski definition) is 5. The number of benzene rings is 2. The molecule has 1 aliphatic carbocycles. The molecule has 2 amide bonds. The molecule has 0 spiro atoms. The Kier molecular flexibility index (Phi) is 7.58. The van der Waals surface area contributed by atoms with E-state index in [2.05, 4.69) is 22.8 Å². The highest BCUT2D eigenvalue weighted by molar-refractivity contribution is 5.79. The fraction of sp³-hybridized carbons (Fsp3) is 0.400. The van der Waals surface area contributed by atoms with Crippen LogP contribution in [-0.2, 0) is 14.3 Å². The topological polar surface area (TPSA) is 114 Å². The quantitative estimate of drug-likeness (QED) is 0.549. The lowest BCUT2D eigenvalue weighted by Crippen LogP contribution is -2.40. The van der Waals surface area contributed by atoms with Crippen molar-refractivity contribution >= 4 is 18.2 Å². The first-order chi connectivity index (χ1) is 15.6. The predicted molar refractivity (Wildman–Crippen MR) is 123 cm³/mol. The second-order valence-electron chi connectivity index (χ2n) is 8.98. The Hall–Kier alpha value is -3.55. The van der Waals surface area contributed by atoms with Crippen LogP contribution in [0.1, 0.15) is 50.7 Å². The third-order valence-corrected chi connectivity index (χ3v) is 5.25. The normalized spacial score (nSPS) is 13.4. The number of rotatable bonds is 8. The summed E-state index contributed by atoms with van der Waals surface area (Å²) in [5, 5.41) is 14.4. The summed E-state index contributed by atoms with van der Waals surface area (Å²) in [6, 6.07) is 15.3. The van der Waals surface area contributed by atoms with Crippen LogP contribution in [0.3, 0.4) is 0 Å². The molecule has 0 aliphatic heterocycles. The molecule has 2 aromatic rings. The third kappa shape index (κ3) is 6.71. The molecule has 8 heteroatoms. The van der Waals surface area contributed by atoms with Crippen molar-refractivity contribution in [3.05, 3.63) is 59.7 Å². The van der Waals surface area contributed by atoms with Gasteiger partial charge in [-0.25, -0.2) is 9.59 Å². The Bertz CT molecular complexity index is 968. The number of alkyl carbamates (subject to hydrolysis) is 2. The van der Waals surface area contributed by atoms with Crippen molar-refractivity contribution in [3.8, 4) is 11.1 Å². The zero-order valence-corrected chi connectivity index (χ0v) is 19.1. The molecule has 0 heterocycles. The molecule has 0 bridgehead atoms. The van der Waals surface area contributed by atoms with Gasteiger partial charge in [0, 0.05) is 18.5 Å². The molecule has 0 saturated carbocycles. The second-order valence-corrected chi connectivity index (χ2v) is 8.98. The lowest BCUT2D eigenvalue weighted by Gasteiger charge is -2.21. The van der Waals surface area contributed by atoms with Gasteiger partial charge in [-0.05, 0) is 49.4 Å². The Morgan fingerprint density at radius 1 is 0.970 bits per heavy atom. The number of carbonyl (C=O) groups excluding carboxylic acids is 2. The summed E-state index contributed by atoms with van der Waals surface area (Å²) in [6.45, 7) is 5.53. The summed E-state index contributed by atoms with van der Waals surface area (Å²) in [7, 11) is 0. The minimum atomic E-state index is -1.06. The van der Waals surface area contributed by atoms with E-state index in [1.807, 2.05) is 36.4 Å². The summed E-state index contributed by atoms with van der Waals surface area (Å²) in [4.78, 5) is 35.4. The predicted octanol–water partition coefficient (Wildman–Crippen LogP) is 4.28. The molecule has 3 N–H and O–H groups in total. The second kappa shape index (κ2) is 10.4. The smallest absolute Gasteiger partial charge is 0.407 e. The van der Waals surface area contributed by atoms with Crippen LogP contribution in [0.4, 0.5) is 9.59 Å². The van der Waals surface area contributed by atoms with Gasteiger partial charge in [-0.15, -0.1) is 0 Å². The maximum absolute atomic E-state index is 12.5. The van der Waals surface area contributed by atoms with Crippen LogP contribution >= 0.6 is 0 Å². The summed E-state index contributed by atoms with van der Waals surface area (Å²) >= 11 is 0. The highest BCUT2D eigenvalue weighted by Gasteiger charge is 2.29. The van der Waals surface area contributed by atoms with Gasteiger partial charge in [0.15, 0.2) is 0 Å². The standard InChI is InChI=1S/C25H30N2O6/c1-25(2,3)33-23(30)26-13-12-16(14-22(28)29)27-24(31)32-15-21-19-10-6-4-8-17(19)18-9-5-7-11-20(18)21/h4-11,16,21H,12-15H2,1-3H3,(H,26,30)(H,27,31)(H,28,29)/t16-/m1/s1. The average molecular weight is 455 g/mol. The monoisotopic (exact) mass is 454 g/mol. The van der Waals surface area contributed by atoms with Gasteiger partial charge < -0.3 is 25.2 Å². The molecular formula is C25H30N2O6. The number of carbonyl (C=O) groups is 3. The summed E-state index contributed by atoms with van der Waals surface area (Å²) in [5.74, 6) is -1.15. The van der Waals surface area contributed by atoms with Crippen molar-refractivity contribution in [2.75, 3.05) is 13.2 Å². The van der Waals surface area contributed by atoms with Gasteiger partial charge in [-0.2, -0.15) is 0 Å². The number of carboxylic acids is 1. The van der Waals surface area contributed by atoms with Crippen LogP contribution < -0.4 is 10.6 Å². The van der Waals surface area contributed by atoms with E-state index < -0.39 is 29.8 Å². The molecule has 3 rings (SSSR count). The van der Waals surface area contributed by atoms with Gasteiger partial charge in [-0.3, -0.25) is 4.79 Å². The maximum atomic E-state index is 12.5. The van der Waals surface area contributed by atoms with Crippen LogP contribution in [0.5, 0.6) is 0 Å². The van der Waals surface area contributed by atoms with Crippen LogP contribution in [0.25, 0.3) is 11.1 Å². The zero-order valence-electron chi connectivity index (χ0n) is 19.1. The van der Waals surface area contributed by atoms with Crippen LogP contribution in [0.2, 0.25) is 0 Å². The number of hydrogen-bond donors (Lipinski definition) is 3. The Balaban J connectivity index is 1.55. The molecular weight excluding hydrogens is 424 g/mol. The number of nitrogens with one attached hydrogen (secondary N) is 2. The number of aliphatic carboxylic acids is 1. The van der Waals surface area contributed by atoms with Crippen LogP contribution in [0.15, 0.2) is 48.5 Å². The fourth-order valence-corrected chi connectivity index (χ4v) is 3.91. The van der Waals surface area contributed by atoms with Crippen LogP contribution in [0, 0.1) is 0 Å². The first kappa shape index (κ1) is 24.1. The largest absolute Gasteiger partial charge is 0.481 e. The first-order valence-corrected chi connectivity index (χ1v) is 10.9. The highest BCUT2D eigenvalue weighted by Crippen LogP contribution is 2.44. The minimum absolute atomic E-state index is 0.0880. The fourth-order valence-electron chi connectivity index (χ4n) is 3.91. The van der Waals surface area contributed by atoms with Gasteiger partial charge in [-0.1, -0.05) is 48.5 Å². The van der Waals surface area contributed by atoms with Crippen molar-refractivity contribution in [3.63, 3.8) is 0 Å². The molecule has 0 aromatic heterocycles. The molecule has 0 saturated heterocycles. The lowest BCUT2D eigenvalue weighted by atomic mass is 9.98. The van der Waals surface area contributed by atoms with E-state index in [0.29, 0.717) is 0 Å². The van der Waals surface area contributed by atoms with E-state index in [0.717, 1.165) is 22.3 Å². The van der Waals surface area contributed by atoms with E-state index in [4.69, 9.17) is 9.47 Å². The number of fused-ring (bicyclic) bond motifs is 3. The van der Waals surface area contributed by atoms with Crippen molar-refractivity contribution < 1.29 is 29.0 Å². The molecule has 1 atom stereocenters. The van der Waals surface area contributed by atoms with Crippen LogP contribution in [-0.4, -0.2) is 48.1 Å². The van der Waals surface area contributed by atoms with E-state index >= 15 is 0 Å². The number of amides is 2. The van der Waals surface area contributed by atoms with Gasteiger partial charge in [0.25, 0.3) is 0 Å². The van der Waals surface area contributed by atoms with Crippen molar-refractivity contribution in [2.45, 2.75) is 51.2 Å². The summed E-state index contributed by atoms with van der Waals surface area (Å²) < 4.78 is 10.6. The number of ether oxygens (including phenoxy) is 2. The minimum Gasteiger partial charge on any atom is -0.481 e. The third-order valence-electron chi connectivity index (χ3n) is 5.25.